The van der Waals surface area contributed by atoms with E-state index in [1.54, 1.807) is 0 Å². The van der Waals surface area contributed by atoms with Crippen molar-refractivity contribution in [2.75, 3.05) is 20.1 Å². The Balaban J connectivity index is 0.00000133. The first kappa shape index (κ1) is 13.8. The Hall–Kier alpha value is -1.58. The molecule has 0 aromatic heterocycles. The van der Waals surface area contributed by atoms with Gasteiger partial charge >= 0.3 is 0 Å². The highest BCUT2D eigenvalue weighted by Crippen LogP contribution is 2.20. The fourth-order valence-corrected chi connectivity index (χ4v) is 2.32. The van der Waals surface area contributed by atoms with E-state index in [0.29, 0.717) is 6.04 Å². The fourth-order valence-electron chi connectivity index (χ4n) is 2.32. The van der Waals surface area contributed by atoms with Crippen molar-refractivity contribution in [1.29, 1.82) is 0 Å². The van der Waals surface area contributed by atoms with E-state index in [4.69, 9.17) is 0 Å². The number of rotatable bonds is 2. The quantitative estimate of drug-likeness (QED) is 0.913. The van der Waals surface area contributed by atoms with Gasteiger partial charge in [-0.15, -0.1) is 12.4 Å². The number of halogens is 1. The molecule has 1 aliphatic heterocycles. The number of benzene rings is 2. The van der Waals surface area contributed by atoms with Crippen LogP contribution >= 0.6 is 12.4 Å². The largest absolute Gasteiger partial charge is 0.336 e. The van der Waals surface area contributed by atoms with Crippen molar-refractivity contribution in [3.63, 3.8) is 0 Å². The van der Waals surface area contributed by atoms with Gasteiger partial charge in [-0.05, 0) is 16.8 Å². The van der Waals surface area contributed by atoms with E-state index in [9.17, 15) is 4.79 Å². The molecule has 3 nitrogen and oxygen atoms in total. The third kappa shape index (κ3) is 2.44. The SMILES string of the molecule is CN(C(=O)c1cccc2ccccc12)C1CNC1.Cl. The Morgan fingerprint density at radius 1 is 1.16 bits per heavy atom. The topological polar surface area (TPSA) is 32.3 Å². The Morgan fingerprint density at radius 2 is 1.84 bits per heavy atom. The van der Waals surface area contributed by atoms with Gasteiger partial charge in [0.15, 0.2) is 0 Å². The Kier molecular flexibility index (Phi) is 4.08. The maximum Gasteiger partial charge on any atom is 0.254 e. The second-order valence-electron chi connectivity index (χ2n) is 4.75. The number of likely N-dealkylation sites (N-methyl/N-ethyl adjacent to an activating group) is 1. The van der Waals surface area contributed by atoms with Gasteiger partial charge in [0, 0.05) is 25.7 Å². The number of hydrogen-bond donors (Lipinski definition) is 1. The minimum absolute atomic E-state index is 0. The van der Waals surface area contributed by atoms with E-state index >= 15 is 0 Å². The molecule has 0 bridgehead atoms. The summed E-state index contributed by atoms with van der Waals surface area (Å²) in [7, 11) is 1.88. The van der Waals surface area contributed by atoms with Gasteiger partial charge in [0.1, 0.15) is 0 Å². The van der Waals surface area contributed by atoms with Gasteiger partial charge in [-0.3, -0.25) is 4.79 Å². The molecule has 0 spiro atoms. The molecule has 100 valence electrons. The van der Waals surface area contributed by atoms with Gasteiger partial charge in [0.05, 0.1) is 6.04 Å². The van der Waals surface area contributed by atoms with E-state index in [0.717, 1.165) is 29.4 Å². The van der Waals surface area contributed by atoms with Gasteiger partial charge in [-0.2, -0.15) is 0 Å². The average molecular weight is 277 g/mol. The lowest BCUT2D eigenvalue weighted by atomic mass is 10.0. The molecule has 1 aliphatic rings. The standard InChI is InChI=1S/C15H16N2O.ClH/c1-17(12-9-16-10-12)15(18)14-8-4-6-11-5-2-3-7-13(11)14;/h2-8,12,16H,9-10H2,1H3;1H. The molecule has 1 N–H and O–H groups in total. The third-order valence-corrected chi connectivity index (χ3v) is 3.65. The summed E-state index contributed by atoms with van der Waals surface area (Å²) in [5, 5.41) is 5.34. The molecule has 0 saturated carbocycles. The van der Waals surface area contributed by atoms with Gasteiger partial charge < -0.3 is 10.2 Å². The molecule has 0 unspecified atom stereocenters. The molecule has 4 heteroatoms. The minimum atomic E-state index is 0. The van der Waals surface area contributed by atoms with Crippen molar-refractivity contribution in [1.82, 2.24) is 10.2 Å². The molecule has 0 aliphatic carbocycles. The molecule has 3 rings (SSSR count). The summed E-state index contributed by atoms with van der Waals surface area (Å²) < 4.78 is 0. The van der Waals surface area contributed by atoms with Crippen molar-refractivity contribution < 1.29 is 4.79 Å². The number of carbonyl (C=O) groups is 1. The summed E-state index contributed by atoms with van der Waals surface area (Å²) in [6.45, 7) is 1.79. The number of nitrogens with one attached hydrogen (secondary N) is 1. The van der Waals surface area contributed by atoms with E-state index in [1.807, 2.05) is 54.4 Å². The van der Waals surface area contributed by atoms with Crippen molar-refractivity contribution in [2.24, 2.45) is 0 Å². The lowest BCUT2D eigenvalue weighted by Gasteiger charge is -2.35. The molecule has 0 atom stereocenters. The lowest BCUT2D eigenvalue weighted by Crippen LogP contribution is -2.57. The number of hydrogen-bond acceptors (Lipinski definition) is 2. The average Bonchev–Trinajstić information content (AvgIpc) is 2.35. The predicted molar refractivity (Wildman–Crippen MR) is 79.9 cm³/mol. The normalized spacial score (nSPS) is 14.6. The van der Waals surface area contributed by atoms with Gasteiger partial charge in [-0.1, -0.05) is 36.4 Å². The Morgan fingerprint density at radius 3 is 2.53 bits per heavy atom. The zero-order chi connectivity index (χ0) is 12.5. The van der Waals surface area contributed by atoms with E-state index in [1.165, 1.54) is 0 Å². The first-order valence-corrected chi connectivity index (χ1v) is 6.23. The summed E-state index contributed by atoms with van der Waals surface area (Å²) in [4.78, 5) is 14.3. The molecule has 0 radical (unpaired) electrons. The van der Waals surface area contributed by atoms with E-state index in [2.05, 4.69) is 5.32 Å². The highest BCUT2D eigenvalue weighted by Gasteiger charge is 2.26. The van der Waals surface area contributed by atoms with Crippen molar-refractivity contribution in [2.45, 2.75) is 6.04 Å². The summed E-state index contributed by atoms with van der Waals surface area (Å²) >= 11 is 0. The van der Waals surface area contributed by atoms with Crippen LogP contribution in [-0.4, -0.2) is 37.0 Å². The van der Waals surface area contributed by atoms with E-state index in [-0.39, 0.29) is 18.3 Å². The molecular formula is C15H17ClN2O. The highest BCUT2D eigenvalue weighted by molar-refractivity contribution is 6.07. The van der Waals surface area contributed by atoms with Crippen LogP contribution in [0, 0.1) is 0 Å². The van der Waals surface area contributed by atoms with Crippen LogP contribution in [0.15, 0.2) is 42.5 Å². The second-order valence-corrected chi connectivity index (χ2v) is 4.75. The molecule has 19 heavy (non-hydrogen) atoms. The monoisotopic (exact) mass is 276 g/mol. The molecule has 1 amide bonds. The van der Waals surface area contributed by atoms with Crippen LogP contribution in [0.4, 0.5) is 0 Å². The Bertz CT molecular complexity index is 590. The first-order chi connectivity index (χ1) is 8.77. The second kappa shape index (κ2) is 5.59. The Labute approximate surface area is 119 Å². The summed E-state index contributed by atoms with van der Waals surface area (Å²) in [6.07, 6.45) is 0. The molecule has 1 heterocycles. The maximum atomic E-state index is 12.5. The summed E-state index contributed by atoms with van der Waals surface area (Å²) in [5.41, 5.74) is 0.794. The van der Waals surface area contributed by atoms with Crippen LogP contribution in [0.1, 0.15) is 10.4 Å². The molecule has 2 aromatic rings. The maximum absolute atomic E-state index is 12.5. The smallest absolute Gasteiger partial charge is 0.254 e. The van der Waals surface area contributed by atoms with Crippen molar-refractivity contribution >= 4 is 29.1 Å². The van der Waals surface area contributed by atoms with Crippen LogP contribution in [0.3, 0.4) is 0 Å². The fraction of sp³-hybridized carbons (Fsp3) is 0.267. The number of nitrogens with zero attached hydrogens (tertiary/aromatic N) is 1. The number of fused-ring (bicyclic) bond motifs is 1. The van der Waals surface area contributed by atoms with Crippen LogP contribution in [0.5, 0.6) is 0 Å². The third-order valence-electron chi connectivity index (χ3n) is 3.65. The molecule has 2 aromatic carbocycles. The summed E-state index contributed by atoms with van der Waals surface area (Å²) in [5.74, 6) is 0.110. The van der Waals surface area contributed by atoms with Crippen LogP contribution < -0.4 is 5.32 Å². The van der Waals surface area contributed by atoms with Gasteiger partial charge in [-0.25, -0.2) is 0 Å². The highest BCUT2D eigenvalue weighted by atomic mass is 35.5. The molecular weight excluding hydrogens is 260 g/mol. The minimum Gasteiger partial charge on any atom is -0.336 e. The lowest BCUT2D eigenvalue weighted by molar-refractivity contribution is 0.0683. The number of amides is 1. The van der Waals surface area contributed by atoms with Crippen LogP contribution in [0.2, 0.25) is 0 Å². The van der Waals surface area contributed by atoms with E-state index < -0.39 is 0 Å². The van der Waals surface area contributed by atoms with Crippen molar-refractivity contribution in [3.8, 4) is 0 Å². The van der Waals surface area contributed by atoms with Gasteiger partial charge in [0.25, 0.3) is 5.91 Å². The molecule has 1 saturated heterocycles. The van der Waals surface area contributed by atoms with Gasteiger partial charge in [0.2, 0.25) is 0 Å². The first-order valence-electron chi connectivity index (χ1n) is 6.23. The molecule has 1 fully saturated rings. The summed E-state index contributed by atoms with van der Waals surface area (Å²) in [6, 6.07) is 14.2. The zero-order valence-electron chi connectivity index (χ0n) is 10.8. The van der Waals surface area contributed by atoms with Crippen molar-refractivity contribution in [3.05, 3.63) is 48.0 Å². The zero-order valence-corrected chi connectivity index (χ0v) is 11.6. The number of carbonyl (C=O) groups excluding carboxylic acids is 1. The van der Waals surface area contributed by atoms with Crippen LogP contribution in [-0.2, 0) is 0 Å². The predicted octanol–water partition coefficient (Wildman–Crippen LogP) is 2.31. The van der Waals surface area contributed by atoms with Crippen LogP contribution in [0.25, 0.3) is 10.8 Å².